The Morgan fingerprint density at radius 2 is 1.12 bits per heavy atom. The maximum absolute atomic E-state index is 2.43. The van der Waals surface area contributed by atoms with Gasteiger partial charge in [-0.25, -0.2) is 0 Å². The van der Waals surface area contributed by atoms with E-state index in [0.717, 1.165) is 0 Å². The zero-order valence-corrected chi connectivity index (χ0v) is 13.9. The van der Waals surface area contributed by atoms with Gasteiger partial charge in [0.1, 0.15) is 0 Å². The lowest BCUT2D eigenvalue weighted by molar-refractivity contribution is 0.557. The van der Waals surface area contributed by atoms with Crippen molar-refractivity contribution >= 4 is 22.6 Å². The summed E-state index contributed by atoms with van der Waals surface area (Å²) < 4.78 is 1.26. The van der Waals surface area contributed by atoms with Crippen LogP contribution in [0.15, 0.2) is 12.2 Å². The molecule has 0 aliphatic carbocycles. The number of hydrogen-bond donors (Lipinski definition) is 0. The molecule has 0 aromatic heterocycles. The van der Waals surface area contributed by atoms with Crippen LogP contribution in [-0.2, 0) is 0 Å². The van der Waals surface area contributed by atoms with E-state index in [2.05, 4.69) is 41.7 Å². The normalized spacial score (nSPS) is 11.4. The van der Waals surface area contributed by atoms with E-state index in [0.29, 0.717) is 0 Å². The average Bonchev–Trinajstić information content (AvgIpc) is 2.35. The van der Waals surface area contributed by atoms with E-state index in [-0.39, 0.29) is 0 Å². The standard InChI is InChI=1S/C16H31I/c1-2-3-4-5-6-7-8-9-10-11-12-13-14-15-16-17/h13-14H,2-12,15-16H2,1H3/b14-13-. The molecule has 0 atom stereocenters. The van der Waals surface area contributed by atoms with Crippen molar-refractivity contribution in [2.24, 2.45) is 0 Å². The molecule has 0 fully saturated rings. The van der Waals surface area contributed by atoms with E-state index < -0.39 is 0 Å². The lowest BCUT2D eigenvalue weighted by Gasteiger charge is -2.01. The summed E-state index contributed by atoms with van der Waals surface area (Å²) in [5, 5.41) is 0. The van der Waals surface area contributed by atoms with Gasteiger partial charge in [0.05, 0.1) is 0 Å². The second-order valence-corrected chi connectivity index (χ2v) is 6.00. The van der Waals surface area contributed by atoms with E-state index in [1.807, 2.05) is 0 Å². The van der Waals surface area contributed by atoms with E-state index in [4.69, 9.17) is 0 Å². The predicted molar refractivity (Wildman–Crippen MR) is 89.1 cm³/mol. The number of rotatable bonds is 13. The van der Waals surface area contributed by atoms with Gasteiger partial charge < -0.3 is 0 Å². The van der Waals surface area contributed by atoms with Crippen LogP contribution in [0.5, 0.6) is 0 Å². The van der Waals surface area contributed by atoms with Gasteiger partial charge in [-0.3, -0.25) is 0 Å². The molecule has 0 saturated heterocycles. The van der Waals surface area contributed by atoms with Crippen molar-refractivity contribution in [2.75, 3.05) is 4.43 Å². The lowest BCUT2D eigenvalue weighted by atomic mass is 10.1. The predicted octanol–water partition coefficient (Wildman–Crippen LogP) is 6.68. The van der Waals surface area contributed by atoms with Crippen LogP contribution in [0.4, 0.5) is 0 Å². The highest BCUT2D eigenvalue weighted by molar-refractivity contribution is 14.1. The van der Waals surface area contributed by atoms with Crippen LogP contribution in [0, 0.1) is 0 Å². The smallest absolute Gasteiger partial charge is 0.00299 e. The molecule has 0 amide bonds. The van der Waals surface area contributed by atoms with Gasteiger partial charge in [0, 0.05) is 4.43 Å². The fraction of sp³-hybridized carbons (Fsp3) is 0.875. The number of unbranched alkanes of at least 4 members (excludes halogenated alkanes) is 10. The number of hydrogen-bond acceptors (Lipinski definition) is 0. The molecule has 102 valence electrons. The van der Waals surface area contributed by atoms with Gasteiger partial charge in [-0.05, 0) is 19.3 Å². The van der Waals surface area contributed by atoms with E-state index in [9.17, 15) is 0 Å². The number of allylic oxidation sites excluding steroid dienone is 2. The van der Waals surface area contributed by atoms with Gasteiger partial charge in [0.2, 0.25) is 0 Å². The molecule has 1 heteroatoms. The van der Waals surface area contributed by atoms with Gasteiger partial charge >= 0.3 is 0 Å². The highest BCUT2D eigenvalue weighted by atomic mass is 127. The largest absolute Gasteiger partial charge is 0.0885 e. The fourth-order valence-corrected chi connectivity index (χ4v) is 2.41. The zero-order valence-electron chi connectivity index (χ0n) is 11.7. The maximum atomic E-state index is 2.43. The molecule has 0 unspecified atom stereocenters. The van der Waals surface area contributed by atoms with E-state index in [1.165, 1.54) is 81.5 Å². The maximum Gasteiger partial charge on any atom is 0.00299 e. The molecule has 0 rings (SSSR count). The summed E-state index contributed by atoms with van der Waals surface area (Å²) >= 11 is 2.43. The molecule has 0 nitrogen and oxygen atoms in total. The van der Waals surface area contributed by atoms with Crippen molar-refractivity contribution in [3.63, 3.8) is 0 Å². The minimum atomic E-state index is 1.25. The summed E-state index contributed by atoms with van der Waals surface area (Å²) in [6, 6.07) is 0. The molecule has 0 N–H and O–H groups in total. The first kappa shape index (κ1) is 17.5. The Hall–Kier alpha value is 0.470. The average molecular weight is 350 g/mol. The molecule has 0 aliphatic rings. The zero-order chi connectivity index (χ0) is 12.6. The summed E-state index contributed by atoms with van der Waals surface area (Å²) in [5.74, 6) is 0. The van der Waals surface area contributed by atoms with Crippen LogP contribution in [0.25, 0.3) is 0 Å². The molecule has 0 aromatic rings. The lowest BCUT2D eigenvalue weighted by Crippen LogP contribution is -1.81. The van der Waals surface area contributed by atoms with Gasteiger partial charge in [0.15, 0.2) is 0 Å². The summed E-state index contributed by atoms with van der Waals surface area (Å²) in [5.41, 5.74) is 0. The van der Waals surface area contributed by atoms with Crippen LogP contribution in [-0.4, -0.2) is 4.43 Å². The summed E-state index contributed by atoms with van der Waals surface area (Å²) in [4.78, 5) is 0. The fourth-order valence-electron chi connectivity index (χ4n) is 2.05. The highest BCUT2D eigenvalue weighted by Crippen LogP contribution is 2.11. The van der Waals surface area contributed by atoms with E-state index in [1.54, 1.807) is 0 Å². The Kier molecular flexibility index (Phi) is 16.9. The number of alkyl halides is 1. The summed E-state index contributed by atoms with van der Waals surface area (Å²) in [6.07, 6.45) is 21.6. The number of halogens is 1. The second kappa shape index (κ2) is 16.5. The van der Waals surface area contributed by atoms with E-state index >= 15 is 0 Å². The van der Waals surface area contributed by atoms with Crippen molar-refractivity contribution in [2.45, 2.75) is 84.0 Å². The Balaban J connectivity index is 2.94. The van der Waals surface area contributed by atoms with Crippen molar-refractivity contribution in [1.82, 2.24) is 0 Å². The summed E-state index contributed by atoms with van der Waals surface area (Å²) in [7, 11) is 0. The van der Waals surface area contributed by atoms with Gasteiger partial charge in [-0.15, -0.1) is 0 Å². The quantitative estimate of drug-likeness (QED) is 0.150. The third-order valence-corrected chi connectivity index (χ3v) is 3.79. The molecule has 0 aliphatic heterocycles. The molecule has 0 heterocycles. The molecular weight excluding hydrogens is 319 g/mol. The molecule has 17 heavy (non-hydrogen) atoms. The Labute approximate surface area is 123 Å². The molecule has 0 aromatic carbocycles. The molecule has 0 saturated carbocycles. The topological polar surface area (TPSA) is 0 Å². The van der Waals surface area contributed by atoms with Crippen molar-refractivity contribution in [3.05, 3.63) is 12.2 Å². The van der Waals surface area contributed by atoms with Crippen LogP contribution >= 0.6 is 22.6 Å². The van der Waals surface area contributed by atoms with Crippen LogP contribution in [0.1, 0.15) is 84.0 Å². The minimum absolute atomic E-state index is 1.25. The monoisotopic (exact) mass is 350 g/mol. The first-order chi connectivity index (χ1) is 8.41. The van der Waals surface area contributed by atoms with Crippen LogP contribution in [0.2, 0.25) is 0 Å². The first-order valence-corrected chi connectivity index (χ1v) is 9.15. The first-order valence-electron chi connectivity index (χ1n) is 7.62. The van der Waals surface area contributed by atoms with Crippen molar-refractivity contribution in [1.29, 1.82) is 0 Å². The highest BCUT2D eigenvalue weighted by Gasteiger charge is 1.91. The summed E-state index contributed by atoms with van der Waals surface area (Å²) in [6.45, 7) is 2.29. The van der Waals surface area contributed by atoms with Crippen LogP contribution in [0.3, 0.4) is 0 Å². The molecule has 0 bridgehead atoms. The SMILES string of the molecule is CCCCCCCCCCCC/C=C\CCI. The van der Waals surface area contributed by atoms with Gasteiger partial charge in [-0.1, -0.05) is 99.5 Å². The minimum Gasteiger partial charge on any atom is -0.0885 e. The Bertz CT molecular complexity index is 152. The Morgan fingerprint density at radius 3 is 1.65 bits per heavy atom. The third kappa shape index (κ3) is 16.5. The van der Waals surface area contributed by atoms with Crippen molar-refractivity contribution < 1.29 is 0 Å². The van der Waals surface area contributed by atoms with Crippen molar-refractivity contribution in [3.8, 4) is 0 Å². The van der Waals surface area contributed by atoms with Gasteiger partial charge in [0.25, 0.3) is 0 Å². The van der Waals surface area contributed by atoms with Crippen LogP contribution < -0.4 is 0 Å². The third-order valence-electron chi connectivity index (χ3n) is 3.17. The molecule has 0 radical (unpaired) electrons. The second-order valence-electron chi connectivity index (χ2n) is 4.92. The molecule has 0 spiro atoms. The molecular formula is C16H31I. The Morgan fingerprint density at radius 1 is 0.647 bits per heavy atom. The van der Waals surface area contributed by atoms with Gasteiger partial charge in [-0.2, -0.15) is 0 Å².